The lowest BCUT2D eigenvalue weighted by Gasteiger charge is -2.09. The molecule has 0 aliphatic carbocycles. The Balaban J connectivity index is 3.15. The molecule has 0 saturated heterocycles. The van der Waals surface area contributed by atoms with Crippen LogP contribution in [0.4, 0.5) is 0 Å². The van der Waals surface area contributed by atoms with Crippen molar-refractivity contribution < 1.29 is 9.52 Å². The van der Waals surface area contributed by atoms with Gasteiger partial charge in [0, 0.05) is 26.2 Å². The Morgan fingerprint density at radius 2 is 2.29 bits per heavy atom. The van der Waals surface area contributed by atoms with Crippen LogP contribution in [0.3, 0.4) is 0 Å². The molecule has 0 saturated carbocycles. The molecule has 0 aromatic carbocycles. The quantitative estimate of drug-likeness (QED) is 0.459. The number of nitrogens with zero attached hydrogens (tertiary/aromatic N) is 3. The molecule has 0 atom stereocenters. The Hall–Kier alpha value is -2.09. The number of amides is 1. The fraction of sp³-hybridized carbons (Fsp3) is 0.222. The number of hydrogen-bond acceptors (Lipinski definition) is 3. The number of pyridine rings is 1. The van der Waals surface area contributed by atoms with Gasteiger partial charge in [-0.3, -0.25) is 4.79 Å². The summed E-state index contributed by atoms with van der Waals surface area (Å²) in [7, 11) is 3.21. The summed E-state index contributed by atoms with van der Waals surface area (Å²) in [6.07, 6.45) is 1.15. The van der Waals surface area contributed by atoms with Gasteiger partial charge in [-0.1, -0.05) is 0 Å². The maximum atomic E-state index is 11.4. The first kappa shape index (κ1) is 9.99. The van der Waals surface area contributed by atoms with Gasteiger partial charge in [0.1, 0.15) is 0 Å². The molecular formula is C9H9N3O2. The molecule has 1 amide bonds. The fourth-order valence-electron chi connectivity index (χ4n) is 0.960. The zero-order chi connectivity index (χ0) is 10.7. The van der Waals surface area contributed by atoms with Crippen LogP contribution >= 0.6 is 0 Å². The van der Waals surface area contributed by atoms with Crippen molar-refractivity contribution in [3.05, 3.63) is 34.8 Å². The van der Waals surface area contributed by atoms with E-state index in [1.807, 2.05) is 0 Å². The van der Waals surface area contributed by atoms with Gasteiger partial charge in [-0.2, -0.15) is 9.99 Å². The van der Waals surface area contributed by atoms with Crippen molar-refractivity contribution in [2.45, 2.75) is 0 Å². The molecule has 1 heterocycles. The summed E-state index contributed by atoms with van der Waals surface area (Å²) in [6, 6.07) is 4.37. The van der Waals surface area contributed by atoms with Gasteiger partial charge in [0.25, 0.3) is 11.6 Å². The van der Waals surface area contributed by atoms with Crippen molar-refractivity contribution in [2.75, 3.05) is 14.1 Å². The topological polar surface area (TPSA) is 71.0 Å². The van der Waals surface area contributed by atoms with Gasteiger partial charge in [0.2, 0.25) is 0 Å². The molecule has 0 unspecified atom stereocenters. The number of nitriles is 1. The van der Waals surface area contributed by atoms with Crippen LogP contribution in [0, 0.1) is 16.5 Å². The number of hydrogen-bond donors (Lipinski definition) is 0. The van der Waals surface area contributed by atoms with E-state index >= 15 is 0 Å². The summed E-state index contributed by atoms with van der Waals surface area (Å²) in [4.78, 5) is 12.8. The minimum absolute atomic E-state index is 0.0855. The molecule has 1 aromatic heterocycles. The lowest BCUT2D eigenvalue weighted by molar-refractivity contribution is -0.608. The smallest absolute Gasteiger partial charge is 0.295 e. The average molecular weight is 191 g/mol. The third kappa shape index (κ3) is 1.80. The summed E-state index contributed by atoms with van der Waals surface area (Å²) in [5.74, 6) is -0.234. The van der Waals surface area contributed by atoms with Crippen molar-refractivity contribution in [1.82, 2.24) is 4.90 Å². The monoisotopic (exact) mass is 191 g/mol. The molecule has 1 aromatic rings. The number of aromatic nitrogens is 1. The maximum absolute atomic E-state index is 11.4. The maximum Gasteiger partial charge on any atom is 0.295 e. The van der Waals surface area contributed by atoms with Gasteiger partial charge < -0.3 is 10.1 Å². The van der Waals surface area contributed by atoms with Crippen LogP contribution in [0.5, 0.6) is 0 Å². The zero-order valence-corrected chi connectivity index (χ0v) is 7.89. The Morgan fingerprint density at radius 1 is 1.64 bits per heavy atom. The van der Waals surface area contributed by atoms with E-state index in [0.29, 0.717) is 10.3 Å². The highest BCUT2D eigenvalue weighted by Gasteiger charge is 2.12. The Morgan fingerprint density at radius 3 is 2.79 bits per heavy atom. The zero-order valence-electron chi connectivity index (χ0n) is 7.89. The molecule has 72 valence electrons. The standard InChI is InChI=1S/C9H9N3O2/c1-11(2)9(13)7-3-4-12(14)8(5-7)6-10/h3-5H,1-2H3. The molecule has 0 spiro atoms. The third-order valence-electron chi connectivity index (χ3n) is 1.69. The summed E-state index contributed by atoms with van der Waals surface area (Å²) >= 11 is 0. The highest BCUT2D eigenvalue weighted by atomic mass is 16.5. The molecule has 0 aliphatic heterocycles. The SMILES string of the molecule is CN(C)C(=O)c1cc[n+]([O-])c(C#N)c1. The van der Waals surface area contributed by atoms with E-state index < -0.39 is 0 Å². The normalized spacial score (nSPS) is 9.21. The Bertz CT molecular complexity index is 407. The lowest BCUT2D eigenvalue weighted by atomic mass is 10.2. The van der Waals surface area contributed by atoms with Crippen molar-refractivity contribution in [3.63, 3.8) is 0 Å². The highest BCUT2D eigenvalue weighted by Crippen LogP contribution is 2.01. The molecule has 1 rings (SSSR count). The van der Waals surface area contributed by atoms with Crippen LogP contribution in [0.1, 0.15) is 16.1 Å². The minimum atomic E-state index is -0.234. The second kappa shape index (κ2) is 3.75. The summed E-state index contributed by atoms with van der Waals surface area (Å²) in [5.41, 5.74) is 0.247. The fourth-order valence-corrected chi connectivity index (χ4v) is 0.960. The molecule has 5 nitrogen and oxygen atoms in total. The minimum Gasteiger partial charge on any atom is -0.618 e. The Kier molecular flexibility index (Phi) is 2.67. The van der Waals surface area contributed by atoms with Crippen LogP contribution in [-0.2, 0) is 0 Å². The van der Waals surface area contributed by atoms with Crippen molar-refractivity contribution >= 4 is 5.91 Å². The Labute approximate surface area is 81.4 Å². The van der Waals surface area contributed by atoms with Crippen LogP contribution in [0.25, 0.3) is 0 Å². The molecule has 0 N–H and O–H groups in total. The van der Waals surface area contributed by atoms with Crippen LogP contribution in [0.2, 0.25) is 0 Å². The van der Waals surface area contributed by atoms with Crippen LogP contribution in [0.15, 0.2) is 18.3 Å². The molecular weight excluding hydrogens is 182 g/mol. The van der Waals surface area contributed by atoms with Gasteiger partial charge in [0.15, 0.2) is 12.3 Å². The first-order chi connectivity index (χ1) is 6.56. The molecule has 0 aliphatic rings. The molecule has 0 bridgehead atoms. The van der Waals surface area contributed by atoms with E-state index in [-0.39, 0.29) is 11.6 Å². The van der Waals surface area contributed by atoms with E-state index in [1.165, 1.54) is 17.0 Å². The second-order valence-electron chi connectivity index (χ2n) is 2.94. The largest absolute Gasteiger partial charge is 0.618 e. The van der Waals surface area contributed by atoms with Crippen LogP contribution in [-0.4, -0.2) is 24.9 Å². The van der Waals surface area contributed by atoms with Gasteiger partial charge in [-0.15, -0.1) is 0 Å². The molecule has 5 heteroatoms. The van der Waals surface area contributed by atoms with Crippen molar-refractivity contribution in [2.24, 2.45) is 0 Å². The van der Waals surface area contributed by atoms with E-state index in [2.05, 4.69) is 0 Å². The highest BCUT2D eigenvalue weighted by molar-refractivity contribution is 5.93. The molecule has 14 heavy (non-hydrogen) atoms. The predicted molar refractivity (Wildman–Crippen MR) is 48.1 cm³/mol. The van der Waals surface area contributed by atoms with Crippen molar-refractivity contribution in [3.8, 4) is 6.07 Å². The number of carbonyl (C=O) groups excluding carboxylic acids is 1. The molecule has 0 fully saturated rings. The third-order valence-corrected chi connectivity index (χ3v) is 1.69. The van der Waals surface area contributed by atoms with Crippen LogP contribution < -0.4 is 4.73 Å². The van der Waals surface area contributed by atoms with E-state index in [1.54, 1.807) is 20.2 Å². The first-order valence-electron chi connectivity index (χ1n) is 3.91. The average Bonchev–Trinajstić information content (AvgIpc) is 2.17. The summed E-state index contributed by atoms with van der Waals surface area (Å²) < 4.78 is 0.423. The number of rotatable bonds is 1. The van der Waals surface area contributed by atoms with Gasteiger partial charge >= 0.3 is 0 Å². The summed E-state index contributed by atoms with van der Waals surface area (Å²) in [6.45, 7) is 0. The van der Waals surface area contributed by atoms with Gasteiger partial charge in [0.05, 0.1) is 5.56 Å². The van der Waals surface area contributed by atoms with E-state index in [9.17, 15) is 10.0 Å². The number of carbonyl (C=O) groups is 1. The van der Waals surface area contributed by atoms with Gasteiger partial charge in [-0.05, 0) is 0 Å². The van der Waals surface area contributed by atoms with Crippen molar-refractivity contribution in [1.29, 1.82) is 5.26 Å². The second-order valence-corrected chi connectivity index (χ2v) is 2.94. The van der Waals surface area contributed by atoms with E-state index in [4.69, 9.17) is 5.26 Å². The molecule has 0 radical (unpaired) electrons. The summed E-state index contributed by atoms with van der Waals surface area (Å²) in [5, 5.41) is 19.5. The van der Waals surface area contributed by atoms with Gasteiger partial charge in [-0.25, -0.2) is 0 Å². The predicted octanol–water partition coefficient (Wildman–Crippen LogP) is -0.107. The first-order valence-corrected chi connectivity index (χ1v) is 3.91. The lowest BCUT2D eigenvalue weighted by Crippen LogP contribution is -2.31. The van der Waals surface area contributed by atoms with E-state index in [0.717, 1.165) is 6.20 Å².